The van der Waals surface area contributed by atoms with Crippen molar-refractivity contribution in [2.24, 2.45) is 0 Å². The van der Waals surface area contributed by atoms with Crippen molar-refractivity contribution in [3.8, 4) is 0 Å². The third-order valence-corrected chi connectivity index (χ3v) is 2.09. The summed E-state index contributed by atoms with van der Waals surface area (Å²) in [5.41, 5.74) is 1.57. The summed E-state index contributed by atoms with van der Waals surface area (Å²) < 4.78 is 0. The van der Waals surface area contributed by atoms with Gasteiger partial charge in [0.25, 0.3) is 0 Å². The lowest BCUT2D eigenvalue weighted by molar-refractivity contribution is -0.664. The summed E-state index contributed by atoms with van der Waals surface area (Å²) in [6.45, 7) is 2.23. The van der Waals surface area contributed by atoms with Crippen LogP contribution in [-0.4, -0.2) is 13.1 Å². The summed E-state index contributed by atoms with van der Waals surface area (Å²) >= 11 is 0. The predicted octanol–water partition coefficient (Wildman–Crippen LogP) is 0.678. The molecule has 1 heteroatoms. The molecule has 0 saturated heterocycles. The predicted molar refractivity (Wildman–Crippen MR) is 39.2 cm³/mol. The number of nitrogens with two attached hydrogens (primary N) is 1. The number of hydrogen-bond acceptors (Lipinski definition) is 0. The summed E-state index contributed by atoms with van der Waals surface area (Å²) in [5, 5.41) is 2.33. The minimum Gasteiger partial charge on any atom is -0.346 e. The standard InChI is InChI=1S/C8H15N/c1-7-4-3-5-8(6-7)9-2/h4,8-9H,3,5-6H2,1-2H3/p+1/t8-/m1/s1. The summed E-state index contributed by atoms with van der Waals surface area (Å²) in [6, 6.07) is 0.870. The Kier molecular flexibility index (Phi) is 2.29. The van der Waals surface area contributed by atoms with Crippen LogP contribution in [0, 0.1) is 0 Å². The monoisotopic (exact) mass is 126 g/mol. The van der Waals surface area contributed by atoms with Gasteiger partial charge in [-0.1, -0.05) is 11.6 Å². The van der Waals surface area contributed by atoms with E-state index in [9.17, 15) is 0 Å². The second-order valence-electron chi connectivity index (χ2n) is 2.93. The van der Waals surface area contributed by atoms with E-state index in [1.54, 1.807) is 5.57 Å². The third kappa shape index (κ3) is 1.83. The fourth-order valence-corrected chi connectivity index (χ4v) is 1.43. The Morgan fingerprint density at radius 2 is 2.44 bits per heavy atom. The molecule has 1 aliphatic rings. The maximum absolute atomic E-state index is 2.36. The molecule has 0 radical (unpaired) electrons. The van der Waals surface area contributed by atoms with E-state index >= 15 is 0 Å². The van der Waals surface area contributed by atoms with Crippen molar-refractivity contribution in [3.63, 3.8) is 0 Å². The van der Waals surface area contributed by atoms with Gasteiger partial charge >= 0.3 is 0 Å². The van der Waals surface area contributed by atoms with Gasteiger partial charge in [0, 0.05) is 12.8 Å². The molecule has 0 aliphatic heterocycles. The maximum atomic E-state index is 2.36. The van der Waals surface area contributed by atoms with E-state index in [-0.39, 0.29) is 0 Å². The highest BCUT2D eigenvalue weighted by Gasteiger charge is 2.12. The minimum absolute atomic E-state index is 0.870. The van der Waals surface area contributed by atoms with Crippen LogP contribution in [0.4, 0.5) is 0 Å². The average Bonchev–Trinajstić information content (AvgIpc) is 1.88. The first-order chi connectivity index (χ1) is 4.33. The summed E-state index contributed by atoms with van der Waals surface area (Å²) in [6.07, 6.45) is 6.32. The van der Waals surface area contributed by atoms with Crippen molar-refractivity contribution >= 4 is 0 Å². The highest BCUT2D eigenvalue weighted by molar-refractivity contribution is 5.03. The van der Waals surface area contributed by atoms with Crippen molar-refractivity contribution in [3.05, 3.63) is 11.6 Å². The molecule has 52 valence electrons. The highest BCUT2D eigenvalue weighted by atomic mass is 14.9. The van der Waals surface area contributed by atoms with Gasteiger partial charge in [0.1, 0.15) is 0 Å². The van der Waals surface area contributed by atoms with Crippen LogP contribution in [0.25, 0.3) is 0 Å². The Labute approximate surface area is 57.1 Å². The number of hydrogen-bond donors (Lipinski definition) is 1. The van der Waals surface area contributed by atoms with Gasteiger partial charge in [0.15, 0.2) is 0 Å². The third-order valence-electron chi connectivity index (χ3n) is 2.09. The molecule has 0 saturated carbocycles. The Balaban J connectivity index is 2.39. The van der Waals surface area contributed by atoms with E-state index in [2.05, 4.69) is 25.4 Å². The molecular weight excluding hydrogens is 110 g/mol. The van der Waals surface area contributed by atoms with Crippen LogP contribution in [0.5, 0.6) is 0 Å². The molecule has 0 amide bonds. The van der Waals surface area contributed by atoms with Crippen LogP contribution in [0.2, 0.25) is 0 Å². The molecule has 1 nitrogen and oxygen atoms in total. The Bertz CT molecular complexity index is 116. The second-order valence-corrected chi connectivity index (χ2v) is 2.93. The lowest BCUT2D eigenvalue weighted by Gasteiger charge is -2.16. The average molecular weight is 126 g/mol. The first-order valence-corrected chi connectivity index (χ1v) is 3.78. The maximum Gasteiger partial charge on any atom is 0.0897 e. The molecule has 2 N–H and O–H groups in total. The quantitative estimate of drug-likeness (QED) is 0.497. The molecule has 0 aromatic heterocycles. The summed E-state index contributed by atoms with van der Waals surface area (Å²) in [5.74, 6) is 0. The van der Waals surface area contributed by atoms with Crippen LogP contribution in [0.1, 0.15) is 26.2 Å². The number of rotatable bonds is 1. The Morgan fingerprint density at radius 1 is 1.67 bits per heavy atom. The van der Waals surface area contributed by atoms with E-state index in [4.69, 9.17) is 0 Å². The Hall–Kier alpha value is -0.300. The van der Waals surface area contributed by atoms with Gasteiger partial charge in [-0.05, 0) is 13.3 Å². The van der Waals surface area contributed by atoms with Crippen molar-refractivity contribution in [2.75, 3.05) is 7.05 Å². The van der Waals surface area contributed by atoms with E-state index in [1.807, 2.05) is 0 Å². The summed E-state index contributed by atoms with van der Waals surface area (Å²) in [7, 11) is 2.17. The number of quaternary nitrogens is 1. The van der Waals surface area contributed by atoms with Crippen LogP contribution < -0.4 is 5.32 Å². The number of allylic oxidation sites excluding steroid dienone is 1. The zero-order valence-electron chi connectivity index (χ0n) is 6.35. The largest absolute Gasteiger partial charge is 0.346 e. The molecule has 0 heterocycles. The van der Waals surface area contributed by atoms with E-state index < -0.39 is 0 Å². The molecule has 0 aromatic carbocycles. The summed E-state index contributed by atoms with van der Waals surface area (Å²) in [4.78, 5) is 0. The molecule has 0 aromatic rings. The molecule has 0 unspecified atom stereocenters. The minimum atomic E-state index is 0.870. The molecule has 0 spiro atoms. The van der Waals surface area contributed by atoms with Gasteiger partial charge in [-0.15, -0.1) is 0 Å². The first-order valence-electron chi connectivity index (χ1n) is 3.78. The van der Waals surface area contributed by atoms with Crippen LogP contribution in [0.3, 0.4) is 0 Å². The fraction of sp³-hybridized carbons (Fsp3) is 0.750. The smallest absolute Gasteiger partial charge is 0.0897 e. The lowest BCUT2D eigenvalue weighted by atomic mass is 9.96. The Morgan fingerprint density at radius 3 is 2.89 bits per heavy atom. The van der Waals surface area contributed by atoms with Gasteiger partial charge in [0.2, 0.25) is 0 Å². The van der Waals surface area contributed by atoms with Crippen LogP contribution in [-0.2, 0) is 0 Å². The second kappa shape index (κ2) is 3.02. The van der Waals surface area contributed by atoms with Crippen LogP contribution in [0.15, 0.2) is 11.6 Å². The zero-order chi connectivity index (χ0) is 6.69. The van der Waals surface area contributed by atoms with Crippen molar-refractivity contribution < 1.29 is 5.32 Å². The zero-order valence-corrected chi connectivity index (χ0v) is 6.35. The fourth-order valence-electron chi connectivity index (χ4n) is 1.43. The van der Waals surface area contributed by atoms with Crippen molar-refractivity contribution in [1.82, 2.24) is 0 Å². The van der Waals surface area contributed by atoms with E-state index in [1.165, 1.54) is 19.3 Å². The van der Waals surface area contributed by atoms with Crippen molar-refractivity contribution in [1.29, 1.82) is 0 Å². The van der Waals surface area contributed by atoms with Crippen LogP contribution >= 0.6 is 0 Å². The topological polar surface area (TPSA) is 16.6 Å². The van der Waals surface area contributed by atoms with Gasteiger partial charge in [-0.3, -0.25) is 0 Å². The van der Waals surface area contributed by atoms with Gasteiger partial charge in [-0.2, -0.15) is 0 Å². The molecule has 0 bridgehead atoms. The molecule has 9 heavy (non-hydrogen) atoms. The first kappa shape index (κ1) is 6.81. The van der Waals surface area contributed by atoms with Gasteiger partial charge < -0.3 is 5.32 Å². The van der Waals surface area contributed by atoms with Crippen molar-refractivity contribution in [2.45, 2.75) is 32.2 Å². The highest BCUT2D eigenvalue weighted by Crippen LogP contribution is 2.14. The van der Waals surface area contributed by atoms with Gasteiger partial charge in [-0.25, -0.2) is 0 Å². The molecular formula is C8H16N+. The van der Waals surface area contributed by atoms with Gasteiger partial charge in [0.05, 0.1) is 13.1 Å². The lowest BCUT2D eigenvalue weighted by Crippen LogP contribution is -2.86. The normalized spacial score (nSPS) is 27.8. The molecule has 1 atom stereocenters. The molecule has 1 rings (SSSR count). The molecule has 0 fully saturated rings. The SMILES string of the molecule is C[NH2+][C@@H]1CCC=C(C)C1. The van der Waals surface area contributed by atoms with E-state index in [0.29, 0.717) is 0 Å². The van der Waals surface area contributed by atoms with E-state index in [0.717, 1.165) is 6.04 Å². The molecule has 1 aliphatic carbocycles.